The maximum absolute atomic E-state index is 12.9. The van der Waals surface area contributed by atoms with Crippen molar-refractivity contribution in [2.24, 2.45) is 0 Å². The fourth-order valence-corrected chi connectivity index (χ4v) is 3.16. The molecule has 1 aliphatic rings. The topological polar surface area (TPSA) is 67.2 Å². The number of amides is 2. The normalized spacial score (nSPS) is 16.7. The third kappa shape index (κ3) is 3.43. The van der Waals surface area contributed by atoms with Gasteiger partial charge in [-0.3, -0.25) is 9.59 Å². The molecule has 0 saturated heterocycles. The van der Waals surface area contributed by atoms with Gasteiger partial charge < -0.3 is 14.8 Å². The number of imidazole rings is 1. The molecule has 0 spiro atoms. The Labute approximate surface area is 147 Å². The standard InChI is InChI=1S/C19H24N4O2/c1-12(2)20-18(24)16-11-22-8-9-23(14(4)17(22)21-16)19(25)15-7-5-6-13(3)10-15/h5-7,10-12,14H,8-9H2,1-4H3,(H,20,24)/t14-/m0/s1. The van der Waals surface area contributed by atoms with Gasteiger partial charge in [-0.25, -0.2) is 4.98 Å². The van der Waals surface area contributed by atoms with Gasteiger partial charge in [0.1, 0.15) is 11.5 Å². The molecule has 0 aliphatic carbocycles. The summed E-state index contributed by atoms with van der Waals surface area (Å²) in [6.45, 7) is 9.00. The number of nitrogens with zero attached hydrogens (tertiary/aromatic N) is 3. The van der Waals surface area contributed by atoms with Crippen LogP contribution in [0.15, 0.2) is 30.5 Å². The first-order valence-electron chi connectivity index (χ1n) is 8.62. The summed E-state index contributed by atoms with van der Waals surface area (Å²) in [6, 6.07) is 7.49. The molecule has 0 saturated carbocycles. The summed E-state index contributed by atoms with van der Waals surface area (Å²) in [4.78, 5) is 31.4. The number of carbonyl (C=O) groups excluding carboxylic acids is 2. The van der Waals surface area contributed by atoms with Crippen molar-refractivity contribution in [3.8, 4) is 0 Å². The molecule has 1 aromatic heterocycles. The Kier molecular flexibility index (Phi) is 4.61. The summed E-state index contributed by atoms with van der Waals surface area (Å²) >= 11 is 0. The minimum Gasteiger partial charge on any atom is -0.348 e. The van der Waals surface area contributed by atoms with E-state index in [0.717, 1.165) is 11.4 Å². The number of hydrogen-bond acceptors (Lipinski definition) is 3. The highest BCUT2D eigenvalue weighted by atomic mass is 16.2. The summed E-state index contributed by atoms with van der Waals surface area (Å²) in [5, 5.41) is 2.85. The number of benzene rings is 1. The molecule has 2 amide bonds. The second-order valence-electron chi connectivity index (χ2n) is 6.85. The molecule has 1 aromatic carbocycles. The molecule has 1 N–H and O–H groups in total. The van der Waals surface area contributed by atoms with E-state index in [9.17, 15) is 9.59 Å². The quantitative estimate of drug-likeness (QED) is 0.934. The second kappa shape index (κ2) is 6.70. The Morgan fingerprint density at radius 3 is 2.72 bits per heavy atom. The van der Waals surface area contributed by atoms with Gasteiger partial charge in [0.25, 0.3) is 11.8 Å². The number of nitrogens with one attached hydrogen (secondary N) is 1. The molecule has 0 radical (unpaired) electrons. The van der Waals surface area contributed by atoms with Crippen molar-refractivity contribution in [2.75, 3.05) is 6.54 Å². The highest BCUT2D eigenvalue weighted by Gasteiger charge is 2.31. The van der Waals surface area contributed by atoms with E-state index in [4.69, 9.17) is 0 Å². The molecule has 0 bridgehead atoms. The van der Waals surface area contributed by atoms with Gasteiger partial charge in [-0.1, -0.05) is 17.7 Å². The first-order valence-corrected chi connectivity index (χ1v) is 8.62. The van der Waals surface area contributed by atoms with Gasteiger partial charge in [0.05, 0.1) is 6.04 Å². The summed E-state index contributed by atoms with van der Waals surface area (Å²) in [6.07, 6.45) is 1.78. The van der Waals surface area contributed by atoms with Gasteiger partial charge in [-0.05, 0) is 39.8 Å². The molecule has 3 rings (SSSR count). The second-order valence-corrected chi connectivity index (χ2v) is 6.85. The molecule has 0 unspecified atom stereocenters. The summed E-state index contributed by atoms with van der Waals surface area (Å²) in [7, 11) is 0. The van der Waals surface area contributed by atoms with Gasteiger partial charge in [0.15, 0.2) is 0 Å². The van der Waals surface area contributed by atoms with Gasteiger partial charge in [0, 0.05) is 30.9 Å². The van der Waals surface area contributed by atoms with Crippen molar-refractivity contribution in [1.82, 2.24) is 19.8 Å². The highest BCUT2D eigenvalue weighted by molar-refractivity contribution is 5.95. The van der Waals surface area contributed by atoms with E-state index in [1.807, 2.05) is 61.4 Å². The van der Waals surface area contributed by atoms with E-state index in [1.54, 1.807) is 6.20 Å². The van der Waals surface area contributed by atoms with Crippen LogP contribution in [0.3, 0.4) is 0 Å². The molecule has 132 valence electrons. The molecule has 0 fully saturated rings. The predicted octanol–water partition coefficient (Wildman–Crippen LogP) is 2.55. The minimum absolute atomic E-state index is 0.00127. The van der Waals surface area contributed by atoms with E-state index in [2.05, 4.69) is 10.3 Å². The Hall–Kier alpha value is -2.63. The lowest BCUT2D eigenvalue weighted by atomic mass is 10.1. The average molecular weight is 340 g/mol. The molecule has 6 heteroatoms. The van der Waals surface area contributed by atoms with Gasteiger partial charge in [0.2, 0.25) is 0 Å². The van der Waals surface area contributed by atoms with Crippen molar-refractivity contribution in [3.05, 3.63) is 53.1 Å². The minimum atomic E-state index is -0.180. The first-order chi connectivity index (χ1) is 11.9. The lowest BCUT2D eigenvalue weighted by molar-refractivity contribution is 0.0637. The van der Waals surface area contributed by atoms with E-state index in [1.165, 1.54) is 0 Å². The fraction of sp³-hybridized carbons (Fsp3) is 0.421. The van der Waals surface area contributed by atoms with E-state index < -0.39 is 0 Å². The van der Waals surface area contributed by atoms with E-state index in [-0.39, 0.29) is 23.9 Å². The van der Waals surface area contributed by atoms with Crippen molar-refractivity contribution >= 4 is 11.8 Å². The van der Waals surface area contributed by atoms with Crippen LogP contribution in [0.1, 0.15) is 59.0 Å². The Morgan fingerprint density at radius 2 is 2.04 bits per heavy atom. The zero-order valence-electron chi connectivity index (χ0n) is 15.1. The number of aryl methyl sites for hydroxylation is 1. The van der Waals surface area contributed by atoms with Crippen molar-refractivity contribution in [2.45, 2.75) is 46.3 Å². The van der Waals surface area contributed by atoms with Crippen LogP contribution in [-0.4, -0.2) is 38.9 Å². The van der Waals surface area contributed by atoms with Crippen LogP contribution in [0.5, 0.6) is 0 Å². The maximum Gasteiger partial charge on any atom is 0.271 e. The van der Waals surface area contributed by atoms with E-state index in [0.29, 0.717) is 24.3 Å². The number of rotatable bonds is 3. The third-order valence-electron chi connectivity index (χ3n) is 4.41. The van der Waals surface area contributed by atoms with Crippen LogP contribution in [-0.2, 0) is 6.54 Å². The number of fused-ring (bicyclic) bond motifs is 1. The smallest absolute Gasteiger partial charge is 0.271 e. The fourth-order valence-electron chi connectivity index (χ4n) is 3.16. The SMILES string of the molecule is Cc1cccc(C(=O)N2CCn3cc(C(=O)NC(C)C)nc3[C@@H]2C)c1. The molecule has 6 nitrogen and oxygen atoms in total. The molecule has 2 heterocycles. The van der Waals surface area contributed by atoms with Crippen LogP contribution >= 0.6 is 0 Å². The maximum atomic E-state index is 12.9. The van der Waals surface area contributed by atoms with Gasteiger partial charge in [-0.15, -0.1) is 0 Å². The van der Waals surface area contributed by atoms with Crippen LogP contribution in [0.2, 0.25) is 0 Å². The predicted molar refractivity (Wildman–Crippen MR) is 95.5 cm³/mol. The van der Waals surface area contributed by atoms with E-state index >= 15 is 0 Å². The molecule has 25 heavy (non-hydrogen) atoms. The van der Waals surface area contributed by atoms with Crippen LogP contribution in [0.4, 0.5) is 0 Å². The summed E-state index contributed by atoms with van der Waals surface area (Å²) in [5.74, 6) is 0.570. The molecule has 2 aromatic rings. The summed E-state index contributed by atoms with van der Waals surface area (Å²) in [5.41, 5.74) is 2.15. The Balaban J connectivity index is 1.83. The molecule has 1 aliphatic heterocycles. The Bertz CT molecular complexity index is 810. The van der Waals surface area contributed by atoms with Crippen LogP contribution < -0.4 is 5.32 Å². The highest BCUT2D eigenvalue weighted by Crippen LogP contribution is 2.26. The lowest BCUT2D eigenvalue weighted by Crippen LogP contribution is -2.41. The molecular formula is C19H24N4O2. The number of aromatic nitrogens is 2. The van der Waals surface area contributed by atoms with Crippen molar-refractivity contribution < 1.29 is 9.59 Å². The van der Waals surface area contributed by atoms with Crippen LogP contribution in [0.25, 0.3) is 0 Å². The lowest BCUT2D eigenvalue weighted by Gasteiger charge is -2.33. The number of hydrogen-bond donors (Lipinski definition) is 1. The molecular weight excluding hydrogens is 316 g/mol. The monoisotopic (exact) mass is 340 g/mol. The van der Waals surface area contributed by atoms with Crippen molar-refractivity contribution in [3.63, 3.8) is 0 Å². The summed E-state index contributed by atoms with van der Waals surface area (Å²) < 4.78 is 1.97. The zero-order valence-corrected chi connectivity index (χ0v) is 15.1. The average Bonchev–Trinajstić information content (AvgIpc) is 2.99. The number of carbonyl (C=O) groups is 2. The van der Waals surface area contributed by atoms with Gasteiger partial charge in [-0.2, -0.15) is 0 Å². The third-order valence-corrected chi connectivity index (χ3v) is 4.41. The zero-order chi connectivity index (χ0) is 18.1. The molecule has 1 atom stereocenters. The van der Waals surface area contributed by atoms with Gasteiger partial charge >= 0.3 is 0 Å². The largest absolute Gasteiger partial charge is 0.348 e. The van der Waals surface area contributed by atoms with Crippen LogP contribution in [0, 0.1) is 6.92 Å². The first kappa shape index (κ1) is 17.2. The van der Waals surface area contributed by atoms with Crippen molar-refractivity contribution in [1.29, 1.82) is 0 Å². The Morgan fingerprint density at radius 1 is 1.28 bits per heavy atom.